The molecular formula is C21H22F7NOS. The number of aryl methyl sites for hydroxylation is 1. The number of likely N-dealkylation sites (tertiary alicyclic amines) is 1. The fourth-order valence-electron chi connectivity index (χ4n) is 5.22. The summed E-state index contributed by atoms with van der Waals surface area (Å²) in [6.45, 7) is 0.525. The maximum Gasteiger partial charge on any atom is 0.435 e. The number of benzene rings is 1. The van der Waals surface area contributed by atoms with Gasteiger partial charge in [-0.05, 0) is 54.7 Å². The van der Waals surface area contributed by atoms with E-state index < -0.39 is 23.6 Å². The first-order valence-corrected chi connectivity index (χ1v) is 11.4. The summed E-state index contributed by atoms with van der Waals surface area (Å²) in [5, 5.41) is 0. The average molecular weight is 469 g/mol. The highest BCUT2D eigenvalue weighted by atomic mass is 32.2. The number of fused-ring (bicyclic) bond motifs is 3. The number of nitrogens with zero attached hydrogens (tertiary/aromatic N) is 1. The average Bonchev–Trinajstić information content (AvgIpc) is 3.15. The molecule has 2 unspecified atom stereocenters. The van der Waals surface area contributed by atoms with Gasteiger partial charge in [0.25, 0.3) is 0 Å². The van der Waals surface area contributed by atoms with Crippen LogP contribution in [0.5, 0.6) is 0 Å². The van der Waals surface area contributed by atoms with Crippen LogP contribution in [0.15, 0.2) is 18.2 Å². The number of hydrogen-bond donors (Lipinski definition) is 0. The Bertz CT molecular complexity index is 833. The Morgan fingerprint density at radius 2 is 1.58 bits per heavy atom. The second-order valence-corrected chi connectivity index (χ2v) is 9.71. The fourth-order valence-corrected chi connectivity index (χ4v) is 6.32. The van der Waals surface area contributed by atoms with E-state index in [9.17, 15) is 35.5 Å². The van der Waals surface area contributed by atoms with Gasteiger partial charge in [-0.2, -0.15) is 38.1 Å². The summed E-state index contributed by atoms with van der Waals surface area (Å²) < 4.78 is 93.1. The summed E-state index contributed by atoms with van der Waals surface area (Å²) in [4.78, 5) is 14.8. The molecule has 2 nitrogen and oxygen atoms in total. The third kappa shape index (κ3) is 3.72. The molecule has 2 atom stereocenters. The molecule has 10 heteroatoms. The van der Waals surface area contributed by atoms with Gasteiger partial charge in [-0.15, -0.1) is 0 Å². The topological polar surface area (TPSA) is 20.3 Å². The molecule has 2 heterocycles. The lowest BCUT2D eigenvalue weighted by Gasteiger charge is -2.36. The quantitative estimate of drug-likeness (QED) is 0.514. The molecule has 2 fully saturated rings. The molecule has 0 saturated carbocycles. The molecule has 31 heavy (non-hydrogen) atoms. The maximum absolute atomic E-state index is 14.4. The third-order valence-corrected chi connectivity index (χ3v) is 7.88. The van der Waals surface area contributed by atoms with E-state index in [0.29, 0.717) is 36.6 Å². The lowest BCUT2D eigenvalue weighted by molar-refractivity contribution is -0.348. The first-order valence-electron chi connectivity index (χ1n) is 10.3. The monoisotopic (exact) mass is 469 g/mol. The molecule has 4 rings (SSSR count). The first-order chi connectivity index (χ1) is 14.4. The number of thioether (sulfide) groups is 1. The van der Waals surface area contributed by atoms with Crippen molar-refractivity contribution in [3.05, 3.63) is 34.9 Å². The van der Waals surface area contributed by atoms with Gasteiger partial charge < -0.3 is 4.90 Å². The number of carbonyl (C=O) groups is 1. The zero-order chi connectivity index (χ0) is 22.6. The van der Waals surface area contributed by atoms with Crippen molar-refractivity contribution in [1.29, 1.82) is 0 Å². The van der Waals surface area contributed by atoms with Crippen molar-refractivity contribution >= 4 is 17.7 Å². The highest BCUT2D eigenvalue weighted by Gasteiger charge is 2.73. The van der Waals surface area contributed by atoms with E-state index in [1.807, 2.05) is 16.7 Å². The van der Waals surface area contributed by atoms with Gasteiger partial charge in [0.2, 0.25) is 5.91 Å². The number of halogens is 7. The summed E-state index contributed by atoms with van der Waals surface area (Å²) in [5.41, 5.74) is -5.92. The summed E-state index contributed by atoms with van der Waals surface area (Å²) in [6.07, 6.45) is -9.33. The number of carbonyl (C=O) groups excluding carboxylic acids is 1. The fraction of sp³-hybridized carbons (Fsp3) is 0.667. The Kier molecular flexibility index (Phi) is 5.75. The molecule has 0 spiro atoms. The number of amides is 1. The standard InChI is InChI=1S/C21H22F7NOS/c22-19(20(23,24)25,21(26,27)28)14-2-3-15-13(11-14)1-4-17-16(15)5-8-29(17)18(30)12-6-9-31-10-7-12/h2-3,11-12,16-17H,1,4-10H2. The van der Waals surface area contributed by atoms with Crippen LogP contribution in [0.1, 0.15) is 48.3 Å². The van der Waals surface area contributed by atoms with Crippen molar-refractivity contribution in [3.63, 3.8) is 0 Å². The zero-order valence-electron chi connectivity index (χ0n) is 16.5. The van der Waals surface area contributed by atoms with Gasteiger partial charge in [0.05, 0.1) is 0 Å². The van der Waals surface area contributed by atoms with E-state index in [1.54, 1.807) is 0 Å². The highest BCUT2D eigenvalue weighted by molar-refractivity contribution is 7.99. The van der Waals surface area contributed by atoms with Gasteiger partial charge in [0.1, 0.15) is 0 Å². The molecule has 1 amide bonds. The van der Waals surface area contributed by atoms with E-state index in [4.69, 9.17) is 0 Å². The molecule has 1 aliphatic carbocycles. The number of hydrogen-bond acceptors (Lipinski definition) is 2. The highest BCUT2D eigenvalue weighted by Crippen LogP contribution is 2.54. The van der Waals surface area contributed by atoms with Crippen LogP contribution in [0.2, 0.25) is 0 Å². The minimum Gasteiger partial charge on any atom is -0.339 e. The Balaban J connectivity index is 1.61. The van der Waals surface area contributed by atoms with Crippen LogP contribution in [0, 0.1) is 5.92 Å². The normalized spacial score (nSPS) is 25.3. The summed E-state index contributed by atoms with van der Waals surface area (Å²) in [5.74, 6) is 1.81. The second-order valence-electron chi connectivity index (χ2n) is 8.49. The van der Waals surface area contributed by atoms with E-state index in [2.05, 4.69) is 0 Å². The summed E-state index contributed by atoms with van der Waals surface area (Å²) >= 11 is 1.82. The molecule has 1 aromatic rings. The van der Waals surface area contributed by atoms with Crippen molar-refractivity contribution in [3.8, 4) is 0 Å². The van der Waals surface area contributed by atoms with Gasteiger partial charge >= 0.3 is 18.0 Å². The molecule has 0 bridgehead atoms. The van der Waals surface area contributed by atoms with Crippen molar-refractivity contribution in [2.45, 2.75) is 62.1 Å². The minimum atomic E-state index is -6.12. The van der Waals surface area contributed by atoms with Gasteiger partial charge in [-0.25, -0.2) is 4.39 Å². The molecule has 0 aromatic heterocycles. The van der Waals surface area contributed by atoms with Crippen LogP contribution in [0.4, 0.5) is 30.7 Å². The molecule has 3 aliphatic rings. The van der Waals surface area contributed by atoms with E-state index >= 15 is 0 Å². The van der Waals surface area contributed by atoms with Gasteiger partial charge in [0.15, 0.2) is 0 Å². The zero-order valence-corrected chi connectivity index (χ0v) is 17.3. The van der Waals surface area contributed by atoms with Crippen molar-refractivity contribution < 1.29 is 35.5 Å². The summed E-state index contributed by atoms with van der Waals surface area (Å²) in [6, 6.07) is 2.40. The van der Waals surface area contributed by atoms with Crippen molar-refractivity contribution in [1.82, 2.24) is 4.90 Å². The van der Waals surface area contributed by atoms with E-state index in [0.717, 1.165) is 30.4 Å². The number of alkyl halides is 7. The molecule has 2 saturated heterocycles. The second kappa shape index (κ2) is 7.85. The summed E-state index contributed by atoms with van der Waals surface area (Å²) in [7, 11) is 0. The Hall–Kier alpha value is -1.45. The molecule has 0 radical (unpaired) electrons. The largest absolute Gasteiger partial charge is 0.435 e. The predicted octanol–water partition coefficient (Wildman–Crippen LogP) is 5.75. The van der Waals surface area contributed by atoms with Gasteiger partial charge in [-0.1, -0.05) is 18.2 Å². The Labute approximate surface area is 179 Å². The molecule has 172 valence electrons. The predicted molar refractivity (Wildman–Crippen MR) is 103 cm³/mol. The van der Waals surface area contributed by atoms with Crippen LogP contribution in [-0.4, -0.2) is 47.3 Å². The Morgan fingerprint density at radius 1 is 0.935 bits per heavy atom. The van der Waals surface area contributed by atoms with E-state index in [-0.39, 0.29) is 30.2 Å². The molecule has 0 N–H and O–H groups in total. The van der Waals surface area contributed by atoms with Crippen molar-refractivity contribution in [2.24, 2.45) is 5.92 Å². The number of rotatable bonds is 2. The van der Waals surface area contributed by atoms with E-state index in [1.165, 1.54) is 6.07 Å². The molecule has 2 aliphatic heterocycles. The van der Waals surface area contributed by atoms with Gasteiger partial charge in [-0.3, -0.25) is 4.79 Å². The third-order valence-electron chi connectivity index (χ3n) is 6.83. The molecule has 1 aromatic carbocycles. The maximum atomic E-state index is 14.4. The SMILES string of the molecule is O=C(C1CCSCC1)N1CCC2c3ccc(C(F)(C(F)(F)F)C(F)(F)F)cc3CCC21. The Morgan fingerprint density at radius 3 is 2.19 bits per heavy atom. The molecular weight excluding hydrogens is 447 g/mol. The lowest BCUT2D eigenvalue weighted by Crippen LogP contribution is -2.50. The smallest absolute Gasteiger partial charge is 0.339 e. The minimum absolute atomic E-state index is 0.0190. The first kappa shape index (κ1) is 22.7. The van der Waals surface area contributed by atoms with Crippen LogP contribution < -0.4 is 0 Å². The van der Waals surface area contributed by atoms with Crippen LogP contribution in [0.3, 0.4) is 0 Å². The van der Waals surface area contributed by atoms with Crippen molar-refractivity contribution in [2.75, 3.05) is 18.1 Å². The lowest BCUT2D eigenvalue weighted by atomic mass is 9.77. The van der Waals surface area contributed by atoms with Gasteiger partial charge in [0, 0.05) is 30.0 Å². The van der Waals surface area contributed by atoms with Crippen LogP contribution in [0.25, 0.3) is 0 Å². The van der Waals surface area contributed by atoms with Crippen LogP contribution >= 0.6 is 11.8 Å². The van der Waals surface area contributed by atoms with Crippen LogP contribution in [-0.2, 0) is 16.9 Å².